The van der Waals surface area contributed by atoms with Gasteiger partial charge in [-0.3, -0.25) is 9.36 Å². The maximum Gasteiger partial charge on any atom is 0.490 e. The molecular formula is C19H20F7N5O4. The van der Waals surface area contributed by atoms with E-state index in [0.29, 0.717) is 19.2 Å². The number of likely N-dealkylation sites (N-methyl/N-ethyl adjacent to an activating group) is 1. The first kappa shape index (κ1) is 27.8. The second-order valence-electron chi connectivity index (χ2n) is 7.66. The molecule has 3 rings (SSSR count). The number of anilines is 1. The summed E-state index contributed by atoms with van der Waals surface area (Å²) in [4.78, 5) is 23.3. The van der Waals surface area contributed by atoms with Gasteiger partial charge < -0.3 is 20.4 Å². The Morgan fingerprint density at radius 2 is 1.71 bits per heavy atom. The number of hydrogen-bond acceptors (Lipinski definition) is 7. The van der Waals surface area contributed by atoms with Crippen molar-refractivity contribution in [2.75, 3.05) is 25.5 Å². The fraction of sp³-hybridized carbons (Fsp3) is 0.474. The molecule has 16 heteroatoms. The van der Waals surface area contributed by atoms with Crippen LogP contribution in [0.2, 0.25) is 0 Å². The summed E-state index contributed by atoms with van der Waals surface area (Å²) in [5, 5.41) is 27.6. The van der Waals surface area contributed by atoms with Crippen LogP contribution < -0.4 is 10.9 Å². The zero-order valence-electron chi connectivity index (χ0n) is 18.2. The number of carboxylic acid groups (broad SMARTS) is 1. The highest BCUT2D eigenvalue weighted by Gasteiger charge is 2.38. The molecule has 1 aromatic carbocycles. The van der Waals surface area contributed by atoms with Gasteiger partial charge in [-0.15, -0.1) is 10.2 Å². The van der Waals surface area contributed by atoms with Gasteiger partial charge in [0, 0.05) is 32.6 Å². The predicted molar refractivity (Wildman–Crippen MR) is 107 cm³/mol. The number of aromatic nitrogens is 3. The highest BCUT2D eigenvalue weighted by Crippen LogP contribution is 2.35. The van der Waals surface area contributed by atoms with Crippen LogP contribution in [0.3, 0.4) is 0 Å². The molecule has 1 fully saturated rings. The third kappa shape index (κ3) is 7.27. The Morgan fingerprint density at radius 1 is 1.11 bits per heavy atom. The molecule has 2 atom stereocenters. The lowest BCUT2D eigenvalue weighted by atomic mass is 10.1. The van der Waals surface area contributed by atoms with E-state index in [-0.39, 0.29) is 29.7 Å². The minimum Gasteiger partial charge on any atom is -0.507 e. The van der Waals surface area contributed by atoms with Gasteiger partial charge in [0.2, 0.25) is 5.82 Å². The van der Waals surface area contributed by atoms with E-state index >= 15 is 0 Å². The van der Waals surface area contributed by atoms with E-state index in [0.717, 1.165) is 16.7 Å². The Labute approximate surface area is 192 Å². The number of alkyl halides is 7. The van der Waals surface area contributed by atoms with Crippen LogP contribution in [0.5, 0.6) is 5.75 Å². The number of aliphatic carboxylic acids is 1. The lowest BCUT2D eigenvalue weighted by molar-refractivity contribution is -0.192. The number of likely N-dealkylation sites (tertiary alicyclic amines) is 1. The first-order chi connectivity index (χ1) is 16.0. The summed E-state index contributed by atoms with van der Waals surface area (Å²) in [6.45, 7) is 0.834. The fourth-order valence-corrected chi connectivity index (χ4v) is 3.23. The molecule has 0 bridgehead atoms. The van der Waals surface area contributed by atoms with Gasteiger partial charge in [-0.2, -0.15) is 26.3 Å². The smallest absolute Gasteiger partial charge is 0.490 e. The maximum absolute atomic E-state index is 13.7. The van der Waals surface area contributed by atoms with E-state index in [2.05, 4.69) is 15.5 Å². The van der Waals surface area contributed by atoms with Gasteiger partial charge in [0.15, 0.2) is 5.82 Å². The number of nitrogens with zero attached hydrogens (tertiary/aromatic N) is 4. The number of carboxylic acids is 1. The normalized spacial score (nSPS) is 19.0. The molecule has 1 aromatic heterocycles. The third-order valence-electron chi connectivity index (χ3n) is 4.80. The Bertz CT molecular complexity index is 1110. The van der Waals surface area contributed by atoms with Crippen LogP contribution in [0.25, 0.3) is 11.4 Å². The monoisotopic (exact) mass is 515 g/mol. The molecule has 0 aliphatic carbocycles. The molecule has 1 saturated heterocycles. The van der Waals surface area contributed by atoms with Crippen LogP contribution >= 0.6 is 0 Å². The van der Waals surface area contributed by atoms with Crippen molar-refractivity contribution in [3.8, 4) is 17.1 Å². The molecule has 2 aromatic rings. The summed E-state index contributed by atoms with van der Waals surface area (Å²) in [6, 6.07) is 2.04. The number of phenols is 1. The average Bonchev–Trinajstić information content (AvgIpc) is 2.70. The molecule has 0 saturated carbocycles. The van der Waals surface area contributed by atoms with Gasteiger partial charge in [-0.05, 0) is 25.2 Å². The SMILES string of the molecule is CN1CC(Nc2nnc(-c3ccc(C(F)(F)F)cc3O)n(C)c2=O)C[C@H](F)C1.O=C(O)C(F)(F)F. The van der Waals surface area contributed by atoms with E-state index in [1.807, 2.05) is 0 Å². The zero-order chi connectivity index (χ0) is 26.7. The lowest BCUT2D eigenvalue weighted by Crippen LogP contribution is -2.46. The number of nitrogens with one attached hydrogen (secondary N) is 1. The van der Waals surface area contributed by atoms with Crippen molar-refractivity contribution < 1.29 is 45.7 Å². The van der Waals surface area contributed by atoms with Gasteiger partial charge in [-0.25, -0.2) is 9.18 Å². The molecule has 1 aliphatic heterocycles. The van der Waals surface area contributed by atoms with Crippen molar-refractivity contribution in [3.05, 3.63) is 34.1 Å². The zero-order valence-corrected chi connectivity index (χ0v) is 18.2. The van der Waals surface area contributed by atoms with Gasteiger partial charge in [0.1, 0.15) is 11.9 Å². The van der Waals surface area contributed by atoms with Gasteiger partial charge in [0.05, 0.1) is 11.1 Å². The number of hydrogen-bond donors (Lipinski definition) is 3. The van der Waals surface area contributed by atoms with E-state index < -0.39 is 41.4 Å². The average molecular weight is 515 g/mol. The number of phenolic OH excluding ortho intramolecular Hbond substituents is 1. The first-order valence-corrected chi connectivity index (χ1v) is 9.74. The second-order valence-corrected chi connectivity index (χ2v) is 7.66. The van der Waals surface area contributed by atoms with E-state index in [9.17, 15) is 40.6 Å². The van der Waals surface area contributed by atoms with Crippen molar-refractivity contribution in [2.24, 2.45) is 7.05 Å². The van der Waals surface area contributed by atoms with Crippen LogP contribution in [0, 0.1) is 0 Å². The molecule has 0 radical (unpaired) electrons. The minimum absolute atomic E-state index is 0.0622. The summed E-state index contributed by atoms with van der Waals surface area (Å²) in [6.07, 6.45) is -10.5. The third-order valence-corrected chi connectivity index (χ3v) is 4.80. The molecule has 3 N–H and O–H groups in total. The van der Waals surface area contributed by atoms with Crippen molar-refractivity contribution in [2.45, 2.75) is 31.0 Å². The number of benzene rings is 1. The topological polar surface area (TPSA) is 121 Å². The summed E-state index contributed by atoms with van der Waals surface area (Å²) in [5.41, 5.74) is -1.67. The minimum atomic E-state index is -5.08. The molecule has 9 nitrogen and oxygen atoms in total. The Balaban J connectivity index is 0.000000540. The molecule has 0 amide bonds. The largest absolute Gasteiger partial charge is 0.507 e. The molecule has 1 aliphatic rings. The number of rotatable bonds is 3. The van der Waals surface area contributed by atoms with Crippen molar-refractivity contribution in [1.29, 1.82) is 0 Å². The van der Waals surface area contributed by atoms with Crippen LogP contribution in [0.15, 0.2) is 23.0 Å². The van der Waals surface area contributed by atoms with Crippen molar-refractivity contribution in [3.63, 3.8) is 0 Å². The highest BCUT2D eigenvalue weighted by atomic mass is 19.4. The van der Waals surface area contributed by atoms with Gasteiger partial charge in [-0.1, -0.05) is 0 Å². The standard InChI is InChI=1S/C17H19F4N5O2.C2HF3O2/c1-25-7-10(18)6-11(8-25)22-14-16(28)26(2)15(24-23-14)12-4-3-9(5-13(12)27)17(19,20)21;3-2(4,5)1(6)7/h3-5,10-11,27H,6-8H2,1-2H3,(H,22,23);(H,6,7)/t10-,11?;/m0./s1. The molecule has 2 heterocycles. The van der Waals surface area contributed by atoms with Crippen molar-refractivity contribution >= 4 is 11.8 Å². The molecular weight excluding hydrogens is 495 g/mol. The Hall–Kier alpha value is -3.43. The summed E-state index contributed by atoms with van der Waals surface area (Å²) in [7, 11) is 3.13. The number of halogens is 7. The molecule has 0 spiro atoms. The van der Waals surface area contributed by atoms with Gasteiger partial charge >= 0.3 is 18.3 Å². The van der Waals surface area contributed by atoms with E-state index in [4.69, 9.17) is 9.90 Å². The van der Waals surface area contributed by atoms with Gasteiger partial charge in [0.25, 0.3) is 5.56 Å². The summed E-state index contributed by atoms with van der Waals surface area (Å²) >= 11 is 0. The van der Waals surface area contributed by atoms with Crippen LogP contribution in [0.1, 0.15) is 12.0 Å². The lowest BCUT2D eigenvalue weighted by Gasteiger charge is -2.32. The molecule has 35 heavy (non-hydrogen) atoms. The predicted octanol–water partition coefficient (Wildman–Crippen LogP) is 2.65. The van der Waals surface area contributed by atoms with E-state index in [1.54, 1.807) is 11.9 Å². The maximum atomic E-state index is 13.7. The van der Waals surface area contributed by atoms with Crippen LogP contribution in [-0.4, -0.2) is 74.4 Å². The number of piperidine rings is 1. The molecule has 1 unspecified atom stereocenters. The number of aromatic hydroxyl groups is 1. The second kappa shape index (κ2) is 10.5. The first-order valence-electron chi connectivity index (χ1n) is 9.74. The van der Waals surface area contributed by atoms with Crippen LogP contribution in [-0.2, 0) is 18.0 Å². The van der Waals surface area contributed by atoms with E-state index in [1.165, 1.54) is 7.05 Å². The Kier molecular flexibility index (Phi) is 8.31. The summed E-state index contributed by atoms with van der Waals surface area (Å²) in [5.74, 6) is -3.61. The quantitative estimate of drug-likeness (QED) is 0.534. The highest BCUT2D eigenvalue weighted by molar-refractivity contribution is 5.73. The van der Waals surface area contributed by atoms with Crippen molar-refractivity contribution in [1.82, 2.24) is 19.7 Å². The molecule has 194 valence electrons. The van der Waals surface area contributed by atoms with Crippen LogP contribution in [0.4, 0.5) is 36.6 Å². The fourth-order valence-electron chi connectivity index (χ4n) is 3.23. The summed E-state index contributed by atoms with van der Waals surface area (Å²) < 4.78 is 84.7. The Morgan fingerprint density at radius 3 is 2.20 bits per heavy atom. The number of carbonyl (C=O) groups is 1.